The Bertz CT molecular complexity index is 1410. The molecule has 2 aromatic heterocycles. The highest BCUT2D eigenvalue weighted by Gasteiger charge is 2.21. The second kappa shape index (κ2) is 9.15. The zero-order valence-corrected chi connectivity index (χ0v) is 19.7. The lowest BCUT2D eigenvalue weighted by molar-refractivity contribution is -0.119. The molecule has 0 saturated heterocycles. The van der Waals surface area contributed by atoms with Gasteiger partial charge >= 0.3 is 0 Å². The Labute approximate surface area is 195 Å². The van der Waals surface area contributed by atoms with Gasteiger partial charge in [0.05, 0.1) is 31.1 Å². The van der Waals surface area contributed by atoms with Gasteiger partial charge in [0.15, 0.2) is 0 Å². The highest BCUT2D eigenvalue weighted by atomic mass is 35.5. The molecule has 0 atom stereocenters. The fourth-order valence-electron chi connectivity index (χ4n) is 4.04. The van der Waals surface area contributed by atoms with E-state index in [2.05, 4.69) is 12.0 Å². The second-order valence-corrected chi connectivity index (χ2v) is 8.06. The van der Waals surface area contributed by atoms with Crippen LogP contribution in [0.25, 0.3) is 21.8 Å². The van der Waals surface area contributed by atoms with Crippen molar-refractivity contribution in [2.24, 2.45) is 0 Å². The molecule has 4 aromatic rings. The zero-order valence-electron chi connectivity index (χ0n) is 19.0. The number of methoxy groups -OCH3 is 2. The number of ether oxygens (including phenoxy) is 2. The molecule has 0 radical (unpaired) electrons. The van der Waals surface area contributed by atoms with Crippen LogP contribution in [0.3, 0.4) is 0 Å². The first-order chi connectivity index (χ1) is 15.9. The first-order valence-electron chi connectivity index (χ1n) is 10.6. The zero-order chi connectivity index (χ0) is 23.7. The normalized spacial score (nSPS) is 11.2. The molecule has 0 saturated carbocycles. The first-order valence-corrected chi connectivity index (χ1v) is 10.9. The molecule has 33 heavy (non-hydrogen) atoms. The number of benzene rings is 2. The molecular formula is C24H25ClN4O4. The van der Waals surface area contributed by atoms with E-state index in [1.54, 1.807) is 25.4 Å². The lowest BCUT2D eigenvalue weighted by atomic mass is 10.2. The number of carbonyl (C=O) groups is 1. The molecule has 8 nitrogen and oxygen atoms in total. The summed E-state index contributed by atoms with van der Waals surface area (Å²) in [4.78, 5) is 27.9. The number of carbonyl (C=O) groups excluding carboxylic acids is 1. The number of anilines is 1. The van der Waals surface area contributed by atoms with Crippen molar-refractivity contribution in [1.29, 1.82) is 0 Å². The van der Waals surface area contributed by atoms with Gasteiger partial charge in [0.1, 0.15) is 23.6 Å². The molecule has 0 spiro atoms. The molecular weight excluding hydrogens is 444 g/mol. The Hall–Kier alpha value is -3.52. The van der Waals surface area contributed by atoms with Gasteiger partial charge in [-0.2, -0.15) is 5.10 Å². The van der Waals surface area contributed by atoms with E-state index >= 15 is 0 Å². The van der Waals surface area contributed by atoms with Crippen LogP contribution in [0.1, 0.15) is 13.3 Å². The van der Waals surface area contributed by atoms with Gasteiger partial charge < -0.3 is 18.9 Å². The van der Waals surface area contributed by atoms with Gasteiger partial charge in [0.25, 0.3) is 5.56 Å². The molecule has 1 amide bonds. The summed E-state index contributed by atoms with van der Waals surface area (Å²) in [6.07, 6.45) is 2.53. The lowest BCUT2D eigenvalue weighted by Crippen LogP contribution is -2.35. The molecule has 0 unspecified atom stereocenters. The quantitative estimate of drug-likeness (QED) is 0.408. The predicted molar refractivity (Wildman–Crippen MR) is 130 cm³/mol. The van der Waals surface area contributed by atoms with E-state index in [-0.39, 0.29) is 18.0 Å². The molecule has 0 aliphatic carbocycles. The maximum Gasteiger partial charge on any atom is 0.291 e. The van der Waals surface area contributed by atoms with Crippen molar-refractivity contribution in [3.8, 4) is 11.5 Å². The van der Waals surface area contributed by atoms with Gasteiger partial charge in [0, 0.05) is 35.9 Å². The number of hydrogen-bond donors (Lipinski definition) is 0. The van der Waals surface area contributed by atoms with Gasteiger partial charge in [-0.05, 0) is 18.6 Å². The number of likely N-dealkylation sites (N-methyl/N-ethyl adjacent to an activating group) is 1. The first kappa shape index (κ1) is 22.7. The molecule has 0 aliphatic heterocycles. The van der Waals surface area contributed by atoms with Crippen LogP contribution in [0.15, 0.2) is 47.4 Å². The molecule has 172 valence electrons. The van der Waals surface area contributed by atoms with E-state index < -0.39 is 0 Å². The topological polar surface area (TPSA) is 78.6 Å². The summed E-state index contributed by atoms with van der Waals surface area (Å²) in [6.45, 7) is 2.52. The summed E-state index contributed by atoms with van der Waals surface area (Å²) in [5.41, 5.74) is 1.68. The fraction of sp³-hybridized carbons (Fsp3) is 0.292. The van der Waals surface area contributed by atoms with Gasteiger partial charge in [-0.1, -0.05) is 36.7 Å². The third-order valence-electron chi connectivity index (χ3n) is 5.69. The third kappa shape index (κ3) is 3.91. The van der Waals surface area contributed by atoms with Crippen molar-refractivity contribution in [1.82, 2.24) is 14.3 Å². The number of aryl methyl sites for hydroxylation is 1. The molecule has 9 heteroatoms. The average Bonchev–Trinajstić information content (AvgIpc) is 3.14. The van der Waals surface area contributed by atoms with Crippen LogP contribution in [0.4, 0.5) is 5.69 Å². The van der Waals surface area contributed by atoms with E-state index in [4.69, 9.17) is 21.1 Å². The minimum absolute atomic E-state index is 0.230. The van der Waals surface area contributed by atoms with Crippen molar-refractivity contribution in [3.05, 3.63) is 58.0 Å². The smallest absolute Gasteiger partial charge is 0.291 e. The van der Waals surface area contributed by atoms with E-state index in [1.807, 2.05) is 28.8 Å². The SMILES string of the molecule is CCCn1c2ccccc2c2cnn(CC(=O)N(C)c3cc(Cl)c(OC)cc3OC)c(=O)c21. The molecule has 0 aliphatic rings. The van der Waals surface area contributed by atoms with Gasteiger partial charge in [-0.15, -0.1) is 0 Å². The van der Waals surface area contributed by atoms with Crippen LogP contribution in [0, 0.1) is 0 Å². The lowest BCUT2D eigenvalue weighted by Gasteiger charge is -2.21. The van der Waals surface area contributed by atoms with E-state index in [9.17, 15) is 9.59 Å². The standard InChI is InChI=1S/C24H25ClN4O4/c1-5-10-28-18-9-7-6-8-15(18)16-13-26-29(24(31)23(16)28)14-22(30)27(2)19-11-17(25)20(32-3)12-21(19)33-4/h6-9,11-13H,5,10,14H2,1-4H3. The van der Waals surface area contributed by atoms with Crippen LogP contribution < -0.4 is 19.9 Å². The maximum absolute atomic E-state index is 13.4. The number of nitrogens with zero attached hydrogens (tertiary/aromatic N) is 4. The van der Waals surface area contributed by atoms with Crippen LogP contribution >= 0.6 is 11.6 Å². The summed E-state index contributed by atoms with van der Waals surface area (Å²) < 4.78 is 13.8. The van der Waals surface area contributed by atoms with Crippen molar-refractivity contribution < 1.29 is 14.3 Å². The number of amides is 1. The van der Waals surface area contributed by atoms with E-state index in [0.717, 1.165) is 22.7 Å². The van der Waals surface area contributed by atoms with Crippen molar-refractivity contribution in [2.45, 2.75) is 26.4 Å². The summed E-state index contributed by atoms with van der Waals surface area (Å²) in [5.74, 6) is 0.512. The number of fused-ring (bicyclic) bond motifs is 3. The van der Waals surface area contributed by atoms with E-state index in [1.165, 1.54) is 23.8 Å². The summed E-state index contributed by atoms with van der Waals surface area (Å²) in [5, 5.41) is 6.39. The van der Waals surface area contributed by atoms with Crippen LogP contribution in [-0.2, 0) is 17.9 Å². The molecule has 0 N–H and O–H groups in total. The van der Waals surface area contributed by atoms with Gasteiger partial charge in [0.2, 0.25) is 5.91 Å². The highest BCUT2D eigenvalue weighted by molar-refractivity contribution is 6.32. The largest absolute Gasteiger partial charge is 0.495 e. The van der Waals surface area contributed by atoms with Crippen molar-refractivity contribution in [2.75, 3.05) is 26.2 Å². The number of hydrogen-bond acceptors (Lipinski definition) is 5. The van der Waals surface area contributed by atoms with E-state index in [0.29, 0.717) is 34.3 Å². The number of aromatic nitrogens is 3. The van der Waals surface area contributed by atoms with Crippen LogP contribution in [0.2, 0.25) is 5.02 Å². The molecule has 0 bridgehead atoms. The monoisotopic (exact) mass is 468 g/mol. The maximum atomic E-state index is 13.4. The minimum Gasteiger partial charge on any atom is -0.495 e. The molecule has 0 fully saturated rings. The Morgan fingerprint density at radius 2 is 1.85 bits per heavy atom. The summed E-state index contributed by atoms with van der Waals surface area (Å²) >= 11 is 6.25. The Kier molecular flexibility index (Phi) is 6.29. The van der Waals surface area contributed by atoms with Crippen molar-refractivity contribution >= 4 is 45.0 Å². The van der Waals surface area contributed by atoms with Gasteiger partial charge in [-0.3, -0.25) is 9.59 Å². The fourth-order valence-corrected chi connectivity index (χ4v) is 4.27. The van der Waals surface area contributed by atoms with Crippen LogP contribution in [0.5, 0.6) is 11.5 Å². The molecule has 2 aromatic carbocycles. The molecule has 4 rings (SSSR count). The number of para-hydroxylation sites is 1. The highest BCUT2D eigenvalue weighted by Crippen LogP contribution is 2.37. The Morgan fingerprint density at radius 3 is 2.55 bits per heavy atom. The molecule has 2 heterocycles. The Morgan fingerprint density at radius 1 is 1.12 bits per heavy atom. The predicted octanol–water partition coefficient (Wildman–Crippen LogP) is 4.09. The van der Waals surface area contributed by atoms with Crippen molar-refractivity contribution in [3.63, 3.8) is 0 Å². The second-order valence-electron chi connectivity index (χ2n) is 7.65. The van der Waals surface area contributed by atoms with Crippen LogP contribution in [-0.4, -0.2) is 41.5 Å². The summed E-state index contributed by atoms with van der Waals surface area (Å²) in [7, 11) is 4.60. The van der Waals surface area contributed by atoms with Gasteiger partial charge in [-0.25, -0.2) is 4.68 Å². The number of halogens is 1. The summed E-state index contributed by atoms with van der Waals surface area (Å²) in [6, 6.07) is 11.1. The average molecular weight is 469 g/mol. The third-order valence-corrected chi connectivity index (χ3v) is 5.99. The minimum atomic E-state index is -0.346. The Balaban J connectivity index is 1.74. The number of rotatable bonds is 7.